The van der Waals surface area contributed by atoms with Crippen molar-refractivity contribution < 1.29 is 14.2 Å². The molecule has 0 aromatic heterocycles. The van der Waals surface area contributed by atoms with Crippen LogP contribution in [0.15, 0.2) is 40.9 Å². The highest BCUT2D eigenvalue weighted by Gasteiger charge is 2.10. The summed E-state index contributed by atoms with van der Waals surface area (Å²) in [5.74, 6) is 2.09. The number of benzene rings is 2. The van der Waals surface area contributed by atoms with Gasteiger partial charge in [-0.05, 0) is 52.4 Å². The third-order valence-corrected chi connectivity index (χ3v) is 4.04. The highest BCUT2D eigenvalue weighted by molar-refractivity contribution is 9.10. The Balaban J connectivity index is 2.10. The average molecular weight is 397 g/mol. The van der Waals surface area contributed by atoms with Crippen LogP contribution in [0.4, 0.5) is 11.4 Å². The molecule has 0 fully saturated rings. The Kier molecular flexibility index (Phi) is 6.06. The molecule has 2 aromatic carbocycles. The average Bonchev–Trinajstić information content (AvgIpc) is 2.56. The third-order valence-electron chi connectivity index (χ3n) is 3.05. The third kappa shape index (κ3) is 4.49. The Morgan fingerprint density at radius 3 is 1.87 bits per heavy atom. The molecule has 0 aliphatic rings. The fourth-order valence-electron chi connectivity index (χ4n) is 1.91. The van der Waals surface area contributed by atoms with Crippen LogP contribution in [0.2, 0.25) is 0 Å². The highest BCUT2D eigenvalue weighted by Crippen LogP contribution is 2.37. The predicted molar refractivity (Wildman–Crippen MR) is 100 cm³/mol. The van der Waals surface area contributed by atoms with Crippen LogP contribution in [0.5, 0.6) is 17.2 Å². The van der Waals surface area contributed by atoms with Gasteiger partial charge in [0.1, 0.15) is 21.7 Å². The maximum Gasteiger partial charge on any atom is 0.175 e. The van der Waals surface area contributed by atoms with Gasteiger partial charge in [-0.1, -0.05) is 0 Å². The first-order valence-electron chi connectivity index (χ1n) is 6.71. The van der Waals surface area contributed by atoms with Crippen LogP contribution in [-0.2, 0) is 0 Å². The molecule has 0 aliphatic heterocycles. The van der Waals surface area contributed by atoms with E-state index in [1.165, 1.54) is 0 Å². The van der Waals surface area contributed by atoms with Crippen LogP contribution in [0, 0.1) is 0 Å². The zero-order valence-electron chi connectivity index (χ0n) is 13.0. The van der Waals surface area contributed by atoms with Crippen molar-refractivity contribution in [3.8, 4) is 17.2 Å². The summed E-state index contributed by atoms with van der Waals surface area (Å²) in [5, 5.41) is 6.67. The molecular weight excluding hydrogens is 380 g/mol. The van der Waals surface area contributed by atoms with E-state index in [1.54, 1.807) is 21.3 Å². The van der Waals surface area contributed by atoms with Gasteiger partial charge >= 0.3 is 0 Å². The van der Waals surface area contributed by atoms with Crippen molar-refractivity contribution in [2.75, 3.05) is 32.0 Å². The predicted octanol–water partition coefficient (Wildman–Crippen LogP) is 4.28. The molecule has 0 atom stereocenters. The number of thiocarbonyl (C=S) groups is 1. The number of rotatable bonds is 5. The standard InChI is InChI=1S/C16H17BrN2O3S/c1-20-12-6-4-10(5-7-12)18-16(23)19-11-8-13(21-2)15(17)14(9-11)22-3/h4-9H,1-3H3,(H2,18,19,23). The quantitative estimate of drug-likeness (QED) is 0.735. The molecule has 0 amide bonds. The second-order valence-electron chi connectivity index (χ2n) is 4.50. The van der Waals surface area contributed by atoms with E-state index in [0.29, 0.717) is 16.6 Å². The lowest BCUT2D eigenvalue weighted by Gasteiger charge is -2.14. The lowest BCUT2D eigenvalue weighted by Crippen LogP contribution is -2.19. The number of methoxy groups -OCH3 is 3. The number of nitrogens with one attached hydrogen (secondary N) is 2. The van der Waals surface area contributed by atoms with Gasteiger partial charge < -0.3 is 24.8 Å². The van der Waals surface area contributed by atoms with Gasteiger partial charge in [0.25, 0.3) is 0 Å². The molecule has 0 unspecified atom stereocenters. The van der Waals surface area contributed by atoms with Crippen molar-refractivity contribution >= 4 is 44.6 Å². The first-order valence-corrected chi connectivity index (χ1v) is 7.91. The number of halogens is 1. The summed E-state index contributed by atoms with van der Waals surface area (Å²) in [6.45, 7) is 0. The number of anilines is 2. The lowest BCUT2D eigenvalue weighted by atomic mass is 10.2. The number of hydrogen-bond acceptors (Lipinski definition) is 4. The second-order valence-corrected chi connectivity index (χ2v) is 5.70. The monoisotopic (exact) mass is 396 g/mol. The van der Waals surface area contributed by atoms with E-state index in [0.717, 1.165) is 21.6 Å². The van der Waals surface area contributed by atoms with E-state index in [9.17, 15) is 0 Å². The topological polar surface area (TPSA) is 51.8 Å². The smallest absolute Gasteiger partial charge is 0.175 e. The maximum absolute atomic E-state index is 5.32. The van der Waals surface area contributed by atoms with Gasteiger partial charge in [-0.3, -0.25) is 0 Å². The fraction of sp³-hybridized carbons (Fsp3) is 0.188. The highest BCUT2D eigenvalue weighted by atomic mass is 79.9. The Bertz CT molecular complexity index is 667. The van der Waals surface area contributed by atoms with Crippen molar-refractivity contribution in [1.29, 1.82) is 0 Å². The molecule has 122 valence electrons. The van der Waals surface area contributed by atoms with Gasteiger partial charge in [0, 0.05) is 23.5 Å². The Labute approximate surface area is 149 Å². The van der Waals surface area contributed by atoms with Crippen molar-refractivity contribution in [3.63, 3.8) is 0 Å². The minimum atomic E-state index is 0.460. The minimum Gasteiger partial charge on any atom is -0.497 e. The lowest BCUT2D eigenvalue weighted by molar-refractivity contribution is 0.390. The summed E-state index contributed by atoms with van der Waals surface area (Å²) < 4.78 is 16.5. The summed E-state index contributed by atoms with van der Waals surface area (Å²) in [5.41, 5.74) is 1.62. The van der Waals surface area contributed by atoms with Crippen molar-refractivity contribution in [2.45, 2.75) is 0 Å². The van der Waals surface area contributed by atoms with Crippen molar-refractivity contribution in [2.24, 2.45) is 0 Å². The van der Waals surface area contributed by atoms with Gasteiger partial charge in [0.05, 0.1) is 21.3 Å². The van der Waals surface area contributed by atoms with Crippen LogP contribution >= 0.6 is 28.1 Å². The molecule has 0 bridgehead atoms. The maximum atomic E-state index is 5.32. The first-order chi connectivity index (χ1) is 11.1. The molecule has 5 nitrogen and oxygen atoms in total. The first kappa shape index (κ1) is 17.4. The zero-order valence-corrected chi connectivity index (χ0v) is 15.4. The summed E-state index contributed by atoms with van der Waals surface area (Å²) in [6.07, 6.45) is 0. The number of ether oxygens (including phenoxy) is 3. The Morgan fingerprint density at radius 1 is 0.870 bits per heavy atom. The normalized spacial score (nSPS) is 9.91. The summed E-state index contributed by atoms with van der Waals surface area (Å²) >= 11 is 8.76. The van der Waals surface area contributed by atoms with Gasteiger partial charge in [0.15, 0.2) is 5.11 Å². The van der Waals surface area contributed by atoms with Gasteiger partial charge in [-0.15, -0.1) is 0 Å². The van der Waals surface area contributed by atoms with E-state index in [-0.39, 0.29) is 0 Å². The van der Waals surface area contributed by atoms with Gasteiger partial charge in [0.2, 0.25) is 0 Å². The summed E-state index contributed by atoms with van der Waals surface area (Å²) in [7, 11) is 4.82. The molecule has 2 rings (SSSR count). The molecular formula is C16H17BrN2O3S. The molecule has 23 heavy (non-hydrogen) atoms. The van der Waals surface area contributed by atoms with Crippen LogP contribution < -0.4 is 24.8 Å². The van der Waals surface area contributed by atoms with E-state index >= 15 is 0 Å². The Morgan fingerprint density at radius 2 is 1.39 bits per heavy atom. The van der Waals surface area contributed by atoms with E-state index < -0.39 is 0 Å². The van der Waals surface area contributed by atoms with Crippen LogP contribution in [0.1, 0.15) is 0 Å². The second kappa shape index (κ2) is 8.03. The van der Waals surface area contributed by atoms with E-state index in [1.807, 2.05) is 36.4 Å². The van der Waals surface area contributed by atoms with Crippen LogP contribution in [0.3, 0.4) is 0 Å². The molecule has 0 spiro atoms. The van der Waals surface area contributed by atoms with E-state index in [4.69, 9.17) is 26.4 Å². The largest absolute Gasteiger partial charge is 0.497 e. The molecule has 0 aliphatic carbocycles. The SMILES string of the molecule is COc1ccc(NC(=S)Nc2cc(OC)c(Br)c(OC)c2)cc1. The van der Waals surface area contributed by atoms with Crippen LogP contribution in [-0.4, -0.2) is 26.4 Å². The molecule has 2 N–H and O–H groups in total. The minimum absolute atomic E-state index is 0.460. The Hall–Kier alpha value is -1.99. The zero-order chi connectivity index (χ0) is 16.8. The van der Waals surface area contributed by atoms with Crippen LogP contribution in [0.25, 0.3) is 0 Å². The van der Waals surface area contributed by atoms with Crippen molar-refractivity contribution in [1.82, 2.24) is 0 Å². The molecule has 0 heterocycles. The van der Waals surface area contributed by atoms with E-state index in [2.05, 4.69) is 26.6 Å². The molecule has 0 radical (unpaired) electrons. The van der Waals surface area contributed by atoms with Crippen molar-refractivity contribution in [3.05, 3.63) is 40.9 Å². The fourth-order valence-corrected chi connectivity index (χ4v) is 2.70. The summed E-state index contributed by atoms with van der Waals surface area (Å²) in [4.78, 5) is 0. The molecule has 7 heteroatoms. The molecule has 0 saturated heterocycles. The molecule has 0 saturated carbocycles. The van der Waals surface area contributed by atoms with Gasteiger partial charge in [-0.25, -0.2) is 0 Å². The van der Waals surface area contributed by atoms with Gasteiger partial charge in [-0.2, -0.15) is 0 Å². The number of hydrogen-bond donors (Lipinski definition) is 2. The molecule has 2 aromatic rings. The summed E-state index contributed by atoms with van der Waals surface area (Å²) in [6, 6.07) is 11.1.